The van der Waals surface area contributed by atoms with E-state index in [1.807, 2.05) is 48.5 Å². The number of rotatable bonds is 9. The number of nitrogens with zero attached hydrogens (tertiary/aromatic N) is 1. The van der Waals surface area contributed by atoms with Crippen molar-refractivity contribution in [2.45, 2.75) is 45.2 Å². The topological polar surface area (TPSA) is 56.0 Å². The lowest BCUT2D eigenvalue weighted by Crippen LogP contribution is -2.43. The second-order valence-corrected chi connectivity index (χ2v) is 9.56. The normalized spacial score (nSPS) is 14.4. The van der Waals surface area contributed by atoms with Crippen molar-refractivity contribution >= 4 is 11.6 Å². The van der Waals surface area contributed by atoms with Crippen LogP contribution in [0.3, 0.4) is 0 Å². The number of aliphatic hydroxyl groups excluding tert-OH is 1. The molecule has 3 atom stereocenters. The average molecular weight is 447 g/mol. The van der Waals surface area contributed by atoms with E-state index in [0.717, 1.165) is 22.6 Å². The van der Waals surface area contributed by atoms with E-state index in [1.165, 1.54) is 5.56 Å². The second-order valence-electron chi connectivity index (χ2n) is 9.12. The third-order valence-electron chi connectivity index (χ3n) is 6.17. The summed E-state index contributed by atoms with van der Waals surface area (Å²) >= 11 is 6.10. The van der Waals surface area contributed by atoms with Crippen LogP contribution in [0.15, 0.2) is 78.9 Å². The Bertz CT molecular complexity index is 1040. The molecule has 0 aliphatic rings. The molecule has 3 aromatic carbocycles. The molecule has 0 amide bonds. The first kappa shape index (κ1) is 24.0. The molecule has 0 aromatic heterocycles. The largest absolute Gasteiger partial charge is 0.396 e. The van der Waals surface area contributed by atoms with Crippen molar-refractivity contribution in [3.63, 3.8) is 0 Å². The molecule has 0 aliphatic heterocycles. The molecule has 0 heterocycles. The van der Waals surface area contributed by atoms with E-state index in [4.69, 9.17) is 11.6 Å². The molecule has 3 aromatic rings. The van der Waals surface area contributed by atoms with Crippen LogP contribution in [-0.2, 0) is 6.42 Å². The third kappa shape index (κ3) is 5.99. The molecule has 32 heavy (non-hydrogen) atoms. The molecule has 4 heteroatoms. The smallest absolute Gasteiger partial charge is 0.0991 e. The van der Waals surface area contributed by atoms with Gasteiger partial charge in [-0.2, -0.15) is 5.26 Å². The molecule has 166 valence electrons. The van der Waals surface area contributed by atoms with Crippen LogP contribution in [0.25, 0.3) is 0 Å². The van der Waals surface area contributed by atoms with Crippen LogP contribution in [0, 0.1) is 16.7 Å². The quantitative estimate of drug-likeness (QED) is 0.407. The minimum Gasteiger partial charge on any atom is -0.396 e. The van der Waals surface area contributed by atoms with Crippen LogP contribution >= 0.6 is 11.6 Å². The van der Waals surface area contributed by atoms with Crippen molar-refractivity contribution in [3.05, 3.63) is 106 Å². The molecular formula is C28H31ClN2O. The van der Waals surface area contributed by atoms with Gasteiger partial charge in [0.25, 0.3) is 0 Å². The van der Waals surface area contributed by atoms with Crippen LogP contribution in [0.2, 0.25) is 5.02 Å². The summed E-state index contributed by atoms with van der Waals surface area (Å²) in [6, 6.07) is 28.4. The zero-order valence-electron chi connectivity index (χ0n) is 18.9. The van der Waals surface area contributed by atoms with Crippen molar-refractivity contribution in [1.29, 1.82) is 5.26 Å². The fourth-order valence-electron chi connectivity index (χ4n) is 4.19. The summed E-state index contributed by atoms with van der Waals surface area (Å²) in [7, 11) is 0. The minimum atomic E-state index is -0.352. The number of hydrogen-bond donors (Lipinski definition) is 2. The van der Waals surface area contributed by atoms with Gasteiger partial charge in [0.1, 0.15) is 0 Å². The maximum atomic E-state index is 10.1. The van der Waals surface area contributed by atoms with Gasteiger partial charge in [-0.25, -0.2) is 0 Å². The van der Waals surface area contributed by atoms with Crippen molar-refractivity contribution < 1.29 is 5.11 Å². The predicted octanol–water partition coefficient (Wildman–Crippen LogP) is 6.28. The highest BCUT2D eigenvalue weighted by Crippen LogP contribution is 2.35. The van der Waals surface area contributed by atoms with Gasteiger partial charge in [0.05, 0.1) is 11.6 Å². The van der Waals surface area contributed by atoms with Gasteiger partial charge in [-0.3, -0.25) is 0 Å². The van der Waals surface area contributed by atoms with Crippen molar-refractivity contribution in [2.75, 3.05) is 6.61 Å². The number of nitriles is 1. The fourth-order valence-corrected chi connectivity index (χ4v) is 4.31. The van der Waals surface area contributed by atoms with E-state index in [9.17, 15) is 10.4 Å². The highest BCUT2D eigenvalue weighted by Gasteiger charge is 2.33. The Morgan fingerprint density at radius 3 is 2.25 bits per heavy atom. The summed E-state index contributed by atoms with van der Waals surface area (Å²) in [6.07, 6.45) is 0.807. The molecule has 3 nitrogen and oxygen atoms in total. The van der Waals surface area contributed by atoms with Crippen molar-refractivity contribution in [3.8, 4) is 6.07 Å². The first-order valence-electron chi connectivity index (χ1n) is 11.0. The van der Waals surface area contributed by atoms with E-state index in [2.05, 4.69) is 62.5 Å². The molecule has 0 bridgehead atoms. The molecule has 0 radical (unpaired) electrons. The first-order chi connectivity index (χ1) is 15.3. The molecule has 0 spiro atoms. The molecule has 0 aliphatic carbocycles. The molecule has 2 N–H and O–H groups in total. The van der Waals surface area contributed by atoms with Crippen LogP contribution in [0.5, 0.6) is 0 Å². The maximum Gasteiger partial charge on any atom is 0.0991 e. The highest BCUT2D eigenvalue weighted by atomic mass is 35.5. The highest BCUT2D eigenvalue weighted by molar-refractivity contribution is 6.30. The van der Waals surface area contributed by atoms with Gasteiger partial charge >= 0.3 is 0 Å². The summed E-state index contributed by atoms with van der Waals surface area (Å²) in [4.78, 5) is 0. The van der Waals surface area contributed by atoms with Gasteiger partial charge < -0.3 is 10.4 Å². The Morgan fingerprint density at radius 2 is 1.62 bits per heavy atom. The lowest BCUT2D eigenvalue weighted by atomic mass is 9.79. The molecule has 3 rings (SSSR count). The zero-order chi connectivity index (χ0) is 23.1. The molecule has 0 saturated carbocycles. The lowest BCUT2D eigenvalue weighted by Gasteiger charge is -2.38. The summed E-state index contributed by atoms with van der Waals surface area (Å²) in [5, 5.41) is 24.1. The van der Waals surface area contributed by atoms with Gasteiger partial charge in [-0.15, -0.1) is 0 Å². The first-order valence-corrected chi connectivity index (χ1v) is 11.4. The minimum absolute atomic E-state index is 0.0319. The number of benzene rings is 3. The SMILES string of the molecule is C[C@H](NC(c1ccccc1)C(C)(C)CO)[C@@H](Cc1ccc(Cl)cc1)c1cccc(C#N)c1. The molecule has 0 fully saturated rings. The Kier molecular flexibility index (Phi) is 8.10. The Labute approximate surface area is 196 Å². The number of aliphatic hydroxyl groups is 1. The fraction of sp³-hybridized carbons (Fsp3) is 0.321. The Balaban J connectivity index is 1.96. The molecular weight excluding hydrogens is 416 g/mol. The average Bonchev–Trinajstić information content (AvgIpc) is 2.82. The van der Waals surface area contributed by atoms with E-state index < -0.39 is 0 Å². The van der Waals surface area contributed by atoms with Crippen LogP contribution in [-0.4, -0.2) is 17.8 Å². The third-order valence-corrected chi connectivity index (χ3v) is 6.42. The molecule has 0 saturated heterocycles. The summed E-state index contributed by atoms with van der Waals surface area (Å²) < 4.78 is 0. The van der Waals surface area contributed by atoms with Crippen LogP contribution < -0.4 is 5.32 Å². The van der Waals surface area contributed by atoms with Gasteiger partial charge in [-0.1, -0.05) is 80.0 Å². The summed E-state index contributed by atoms with van der Waals surface area (Å²) in [6.45, 7) is 6.41. The number of hydrogen-bond acceptors (Lipinski definition) is 3. The van der Waals surface area contributed by atoms with Crippen molar-refractivity contribution in [1.82, 2.24) is 5.32 Å². The van der Waals surface area contributed by atoms with Crippen LogP contribution in [0.1, 0.15) is 55.0 Å². The van der Waals surface area contributed by atoms with Crippen LogP contribution in [0.4, 0.5) is 0 Å². The van der Waals surface area contributed by atoms with Gasteiger partial charge in [0.2, 0.25) is 0 Å². The summed E-state index contributed by atoms with van der Waals surface area (Å²) in [5.41, 5.74) is 3.76. The second kappa shape index (κ2) is 10.8. The lowest BCUT2D eigenvalue weighted by molar-refractivity contribution is 0.108. The standard InChI is InChI=1S/C28H31ClN2O/c1-20(31-27(28(2,3)19-32)23-9-5-4-6-10-23)26(17-21-12-14-25(29)15-13-21)24-11-7-8-22(16-24)18-30/h4-16,20,26-27,31-32H,17,19H2,1-3H3/t20-,26+,27?/m0/s1. The Hall–Kier alpha value is -2.64. The van der Waals surface area contributed by atoms with E-state index in [-0.39, 0.29) is 30.0 Å². The van der Waals surface area contributed by atoms with Gasteiger partial charge in [-0.05, 0) is 54.3 Å². The monoisotopic (exact) mass is 446 g/mol. The number of halogens is 1. The zero-order valence-corrected chi connectivity index (χ0v) is 19.7. The van der Waals surface area contributed by atoms with E-state index in [0.29, 0.717) is 5.56 Å². The molecule has 1 unspecified atom stereocenters. The van der Waals surface area contributed by atoms with Gasteiger partial charge in [0, 0.05) is 35.0 Å². The maximum absolute atomic E-state index is 10.1. The van der Waals surface area contributed by atoms with E-state index in [1.54, 1.807) is 0 Å². The van der Waals surface area contributed by atoms with Crippen molar-refractivity contribution in [2.24, 2.45) is 5.41 Å². The predicted molar refractivity (Wildman–Crippen MR) is 132 cm³/mol. The number of nitrogens with one attached hydrogen (secondary N) is 1. The summed E-state index contributed by atoms with van der Waals surface area (Å²) in [5.74, 6) is 0.130. The van der Waals surface area contributed by atoms with Gasteiger partial charge in [0.15, 0.2) is 0 Å². The van der Waals surface area contributed by atoms with E-state index >= 15 is 0 Å². The Morgan fingerprint density at radius 1 is 0.969 bits per heavy atom.